The van der Waals surface area contributed by atoms with Gasteiger partial charge in [0.2, 0.25) is 0 Å². The first-order chi connectivity index (χ1) is 12.4. The molecule has 3 rings (SSSR count). The van der Waals surface area contributed by atoms with Crippen molar-refractivity contribution in [3.05, 3.63) is 65.9 Å². The molecule has 0 fully saturated rings. The number of aromatic nitrogens is 1. The molecule has 0 bridgehead atoms. The monoisotopic (exact) mass is 371 g/mol. The van der Waals surface area contributed by atoms with Gasteiger partial charge in [0.1, 0.15) is 0 Å². The second kappa shape index (κ2) is 7.33. The molecule has 5 nitrogen and oxygen atoms in total. The highest BCUT2D eigenvalue weighted by molar-refractivity contribution is 7.90. The van der Waals surface area contributed by atoms with E-state index in [0.717, 1.165) is 29.4 Å². The zero-order valence-corrected chi connectivity index (χ0v) is 15.4. The van der Waals surface area contributed by atoms with Crippen molar-refractivity contribution in [2.24, 2.45) is 0 Å². The number of hydrogen-bond donors (Lipinski definition) is 1. The zero-order valence-electron chi connectivity index (χ0n) is 14.6. The first kappa shape index (κ1) is 18.2. The van der Waals surface area contributed by atoms with Crippen molar-refractivity contribution in [2.75, 3.05) is 0 Å². The quantitative estimate of drug-likeness (QED) is 0.637. The number of benzene rings is 2. The molecule has 3 aromatic rings. The Morgan fingerprint density at radius 2 is 1.77 bits per heavy atom. The van der Waals surface area contributed by atoms with Crippen LogP contribution < -0.4 is 0 Å². The Bertz CT molecular complexity index is 1030. The highest BCUT2D eigenvalue weighted by Gasteiger charge is 2.19. The van der Waals surface area contributed by atoms with Gasteiger partial charge in [0.05, 0.1) is 10.4 Å². The van der Waals surface area contributed by atoms with Gasteiger partial charge < -0.3 is 5.11 Å². The number of carbonyl (C=O) groups is 1. The minimum Gasteiger partial charge on any atom is -0.481 e. The van der Waals surface area contributed by atoms with Crippen molar-refractivity contribution >= 4 is 26.9 Å². The van der Waals surface area contributed by atoms with E-state index in [-0.39, 0.29) is 11.3 Å². The maximum absolute atomic E-state index is 13.0. The average molecular weight is 371 g/mol. The minimum atomic E-state index is -3.65. The van der Waals surface area contributed by atoms with Crippen molar-refractivity contribution < 1.29 is 18.3 Å². The molecule has 26 heavy (non-hydrogen) atoms. The molecular weight excluding hydrogens is 350 g/mol. The number of hydrogen-bond acceptors (Lipinski definition) is 3. The van der Waals surface area contributed by atoms with E-state index in [1.807, 2.05) is 25.1 Å². The number of unbranched alkanes of at least 4 members (excludes halogenated alkanes) is 1. The predicted octanol–water partition coefficient (Wildman–Crippen LogP) is 3.98. The topological polar surface area (TPSA) is 76.4 Å². The number of carboxylic acid groups (broad SMARTS) is 1. The summed E-state index contributed by atoms with van der Waals surface area (Å²) in [5, 5.41) is 9.62. The SMILES string of the molecule is Cc1ccc(S(=O)(=O)n2ccc3c(CCCCC(=O)O)cccc32)cc1. The molecule has 0 unspecified atom stereocenters. The van der Waals surface area contributed by atoms with E-state index in [9.17, 15) is 13.2 Å². The third-order valence-electron chi connectivity index (χ3n) is 4.45. The molecule has 0 aliphatic carbocycles. The molecule has 0 atom stereocenters. The molecule has 0 radical (unpaired) electrons. The molecule has 0 spiro atoms. The molecule has 1 aromatic heterocycles. The zero-order chi connectivity index (χ0) is 18.7. The largest absolute Gasteiger partial charge is 0.481 e. The molecule has 0 amide bonds. The Balaban J connectivity index is 1.92. The van der Waals surface area contributed by atoms with Crippen LogP contribution in [0.15, 0.2) is 59.6 Å². The molecule has 0 aliphatic rings. The van der Waals surface area contributed by atoms with Crippen LogP contribution in [0.25, 0.3) is 10.9 Å². The lowest BCUT2D eigenvalue weighted by Crippen LogP contribution is -2.11. The Morgan fingerprint density at radius 1 is 1.04 bits per heavy atom. The van der Waals surface area contributed by atoms with Crippen LogP contribution in [0, 0.1) is 6.92 Å². The summed E-state index contributed by atoms with van der Waals surface area (Å²) in [4.78, 5) is 10.9. The van der Waals surface area contributed by atoms with Gasteiger partial charge in [0.25, 0.3) is 10.0 Å². The molecule has 6 heteroatoms. The summed E-state index contributed by atoms with van der Waals surface area (Å²) < 4.78 is 27.2. The lowest BCUT2D eigenvalue weighted by atomic mass is 10.0. The van der Waals surface area contributed by atoms with Crippen LogP contribution in [0.3, 0.4) is 0 Å². The highest BCUT2D eigenvalue weighted by atomic mass is 32.2. The van der Waals surface area contributed by atoms with Gasteiger partial charge in [0.15, 0.2) is 0 Å². The van der Waals surface area contributed by atoms with Crippen molar-refractivity contribution in [3.63, 3.8) is 0 Å². The first-order valence-electron chi connectivity index (χ1n) is 8.52. The minimum absolute atomic E-state index is 0.152. The van der Waals surface area contributed by atoms with Gasteiger partial charge in [-0.1, -0.05) is 29.8 Å². The van der Waals surface area contributed by atoms with Crippen LogP contribution in [0.5, 0.6) is 0 Å². The molecule has 1 N–H and O–H groups in total. The predicted molar refractivity (Wildman–Crippen MR) is 101 cm³/mol. The van der Waals surface area contributed by atoms with Gasteiger partial charge in [0, 0.05) is 18.0 Å². The second-order valence-electron chi connectivity index (χ2n) is 6.38. The average Bonchev–Trinajstić information content (AvgIpc) is 3.04. The van der Waals surface area contributed by atoms with Gasteiger partial charge in [-0.3, -0.25) is 4.79 Å². The van der Waals surface area contributed by atoms with Crippen molar-refractivity contribution in [3.8, 4) is 0 Å². The Kier molecular flexibility index (Phi) is 5.13. The number of aliphatic carboxylic acids is 1. The number of carboxylic acids is 1. The summed E-state index contributed by atoms with van der Waals surface area (Å²) in [6, 6.07) is 14.2. The Labute approximate surface area is 152 Å². The van der Waals surface area contributed by atoms with Gasteiger partial charge in [-0.15, -0.1) is 0 Å². The van der Waals surface area contributed by atoms with E-state index >= 15 is 0 Å². The normalized spacial score (nSPS) is 11.7. The summed E-state index contributed by atoms with van der Waals surface area (Å²) in [6.07, 6.45) is 3.81. The molecule has 1 heterocycles. The first-order valence-corrected chi connectivity index (χ1v) is 9.96. The molecule has 0 saturated heterocycles. The standard InChI is InChI=1S/C20H21NO4S/c1-15-9-11-17(12-10-15)26(24,25)21-14-13-18-16(6-4-7-19(18)21)5-2-3-8-20(22)23/h4,6-7,9-14H,2-3,5,8H2,1H3,(H,22,23). The number of rotatable bonds is 7. The van der Waals surface area contributed by atoms with Gasteiger partial charge in [-0.2, -0.15) is 0 Å². The summed E-state index contributed by atoms with van der Waals surface area (Å²) in [6.45, 7) is 1.91. The van der Waals surface area contributed by atoms with E-state index in [4.69, 9.17) is 5.11 Å². The van der Waals surface area contributed by atoms with Gasteiger partial charge in [-0.05, 0) is 56.0 Å². The van der Waals surface area contributed by atoms with Crippen LogP contribution in [0.2, 0.25) is 0 Å². The van der Waals surface area contributed by atoms with E-state index in [2.05, 4.69) is 0 Å². The summed E-state index contributed by atoms with van der Waals surface area (Å²) in [5.74, 6) is -0.793. The van der Waals surface area contributed by atoms with E-state index < -0.39 is 16.0 Å². The Morgan fingerprint density at radius 3 is 2.46 bits per heavy atom. The second-order valence-corrected chi connectivity index (χ2v) is 8.20. The highest BCUT2D eigenvalue weighted by Crippen LogP contribution is 2.26. The van der Waals surface area contributed by atoms with Crippen molar-refractivity contribution in [1.82, 2.24) is 3.97 Å². The Hall–Kier alpha value is -2.60. The molecule has 136 valence electrons. The van der Waals surface area contributed by atoms with Crippen molar-refractivity contribution in [1.29, 1.82) is 0 Å². The summed E-state index contributed by atoms with van der Waals surface area (Å²) >= 11 is 0. The maximum Gasteiger partial charge on any atom is 0.303 e. The van der Waals surface area contributed by atoms with Crippen LogP contribution in [-0.2, 0) is 21.2 Å². The van der Waals surface area contributed by atoms with E-state index in [1.54, 1.807) is 36.5 Å². The fourth-order valence-corrected chi connectivity index (χ4v) is 4.40. The third-order valence-corrected chi connectivity index (χ3v) is 6.16. The van der Waals surface area contributed by atoms with Crippen LogP contribution >= 0.6 is 0 Å². The maximum atomic E-state index is 13.0. The van der Waals surface area contributed by atoms with E-state index in [0.29, 0.717) is 11.9 Å². The summed E-state index contributed by atoms with van der Waals surface area (Å²) in [7, 11) is -3.65. The lowest BCUT2D eigenvalue weighted by Gasteiger charge is -2.09. The molecule has 0 saturated carbocycles. The lowest BCUT2D eigenvalue weighted by molar-refractivity contribution is -0.137. The fraction of sp³-hybridized carbons (Fsp3) is 0.250. The third kappa shape index (κ3) is 3.65. The number of aryl methyl sites for hydroxylation is 2. The molecular formula is C20H21NO4S. The van der Waals surface area contributed by atoms with Gasteiger partial charge in [-0.25, -0.2) is 12.4 Å². The van der Waals surface area contributed by atoms with Crippen LogP contribution in [0.4, 0.5) is 0 Å². The van der Waals surface area contributed by atoms with Gasteiger partial charge >= 0.3 is 5.97 Å². The van der Waals surface area contributed by atoms with E-state index in [1.165, 1.54) is 3.97 Å². The van der Waals surface area contributed by atoms with Crippen molar-refractivity contribution in [2.45, 2.75) is 37.5 Å². The summed E-state index contributed by atoms with van der Waals surface area (Å²) in [5.41, 5.74) is 2.68. The van der Waals surface area contributed by atoms with Crippen LogP contribution in [0.1, 0.15) is 30.4 Å². The number of nitrogens with zero attached hydrogens (tertiary/aromatic N) is 1. The van der Waals surface area contributed by atoms with Crippen LogP contribution in [-0.4, -0.2) is 23.5 Å². The smallest absolute Gasteiger partial charge is 0.303 e. The molecule has 2 aromatic carbocycles. The fourth-order valence-electron chi connectivity index (χ4n) is 3.05. The number of fused-ring (bicyclic) bond motifs is 1. The molecule has 0 aliphatic heterocycles.